The first kappa shape index (κ1) is 25.9. The Bertz CT molecular complexity index is 1350. The molecular weight excluding hydrogens is 466 g/mol. The molecule has 0 spiro atoms. The quantitative estimate of drug-likeness (QED) is 0.347. The van der Waals surface area contributed by atoms with Crippen LogP contribution in [-0.4, -0.2) is 44.4 Å². The highest BCUT2D eigenvalue weighted by Gasteiger charge is 2.34. The number of para-hydroxylation sites is 1. The molecule has 192 valence electrons. The number of nitrogens with zero attached hydrogens (tertiary/aromatic N) is 4. The van der Waals surface area contributed by atoms with Crippen molar-refractivity contribution in [2.24, 2.45) is 0 Å². The van der Waals surface area contributed by atoms with E-state index in [-0.39, 0.29) is 24.9 Å². The van der Waals surface area contributed by atoms with Crippen LogP contribution in [0.4, 0.5) is 0 Å². The van der Waals surface area contributed by atoms with E-state index in [9.17, 15) is 9.59 Å². The van der Waals surface area contributed by atoms with Gasteiger partial charge in [0.05, 0.1) is 12.6 Å². The monoisotopic (exact) mass is 499 g/mol. The molecule has 1 N–H and O–H groups in total. The lowest BCUT2D eigenvalue weighted by atomic mass is 9.98. The standard InChI is InChI=1S/C29H33N5O3/c1-5-29(2,3)30-28(36)27(22-11-7-6-8-12-22)33(19-21-15-17-23(37-4)18-16-21)26(35)20-34-25-14-10-9-13-24(25)31-32-34/h6-18,27H,5,19-20H2,1-4H3,(H,30,36)/t27-/m1/s1. The summed E-state index contributed by atoms with van der Waals surface area (Å²) in [7, 11) is 1.61. The number of aromatic nitrogens is 3. The zero-order valence-electron chi connectivity index (χ0n) is 21.7. The molecular formula is C29H33N5O3. The van der Waals surface area contributed by atoms with Crippen LogP contribution < -0.4 is 10.1 Å². The fourth-order valence-electron chi connectivity index (χ4n) is 4.10. The molecule has 37 heavy (non-hydrogen) atoms. The van der Waals surface area contributed by atoms with E-state index in [1.807, 2.05) is 99.6 Å². The predicted octanol–water partition coefficient (Wildman–Crippen LogP) is 4.51. The van der Waals surface area contributed by atoms with Gasteiger partial charge in [0.25, 0.3) is 0 Å². The molecule has 0 unspecified atom stereocenters. The van der Waals surface area contributed by atoms with Crippen molar-refractivity contribution in [3.05, 3.63) is 90.0 Å². The predicted molar refractivity (Wildman–Crippen MR) is 143 cm³/mol. The van der Waals surface area contributed by atoms with Gasteiger partial charge in [0, 0.05) is 12.1 Å². The average molecular weight is 500 g/mol. The summed E-state index contributed by atoms with van der Waals surface area (Å²) in [5.41, 5.74) is 2.64. The van der Waals surface area contributed by atoms with Crippen LogP contribution in [0, 0.1) is 0 Å². The van der Waals surface area contributed by atoms with Crippen molar-refractivity contribution < 1.29 is 14.3 Å². The average Bonchev–Trinajstić information content (AvgIpc) is 3.31. The first-order chi connectivity index (χ1) is 17.8. The molecule has 8 nitrogen and oxygen atoms in total. The number of benzene rings is 3. The third-order valence-corrected chi connectivity index (χ3v) is 6.56. The number of fused-ring (bicyclic) bond motifs is 1. The van der Waals surface area contributed by atoms with E-state index in [2.05, 4.69) is 15.6 Å². The summed E-state index contributed by atoms with van der Waals surface area (Å²) in [4.78, 5) is 29.4. The van der Waals surface area contributed by atoms with Gasteiger partial charge in [-0.1, -0.05) is 66.7 Å². The largest absolute Gasteiger partial charge is 0.497 e. The highest BCUT2D eigenvalue weighted by atomic mass is 16.5. The molecule has 0 aliphatic carbocycles. The Morgan fingerprint density at radius 2 is 1.68 bits per heavy atom. The van der Waals surface area contributed by atoms with Crippen LogP contribution in [0.5, 0.6) is 5.75 Å². The third-order valence-electron chi connectivity index (χ3n) is 6.56. The van der Waals surface area contributed by atoms with Gasteiger partial charge in [0.15, 0.2) is 0 Å². The molecule has 0 saturated carbocycles. The van der Waals surface area contributed by atoms with Gasteiger partial charge in [0.1, 0.15) is 23.9 Å². The Morgan fingerprint density at radius 3 is 2.35 bits per heavy atom. The molecule has 0 aliphatic heterocycles. The lowest BCUT2D eigenvalue weighted by Crippen LogP contribution is -2.50. The van der Waals surface area contributed by atoms with Gasteiger partial charge in [-0.15, -0.1) is 5.10 Å². The Hall–Kier alpha value is -4.20. The van der Waals surface area contributed by atoms with Crippen molar-refractivity contribution in [3.8, 4) is 5.75 Å². The number of carbonyl (C=O) groups is 2. The highest BCUT2D eigenvalue weighted by molar-refractivity contribution is 5.89. The first-order valence-corrected chi connectivity index (χ1v) is 12.4. The van der Waals surface area contributed by atoms with E-state index in [1.54, 1.807) is 16.7 Å². The minimum absolute atomic E-state index is 0.0511. The normalized spacial score (nSPS) is 12.2. The fourth-order valence-corrected chi connectivity index (χ4v) is 4.10. The summed E-state index contributed by atoms with van der Waals surface area (Å²) in [6.07, 6.45) is 0.748. The Kier molecular flexibility index (Phi) is 7.86. The van der Waals surface area contributed by atoms with Gasteiger partial charge in [-0.2, -0.15) is 0 Å². The SMILES string of the molecule is CCC(C)(C)NC(=O)[C@@H](c1ccccc1)N(Cc1ccc(OC)cc1)C(=O)Cn1nnc2ccccc21. The Labute approximate surface area is 217 Å². The topological polar surface area (TPSA) is 89.4 Å². The Balaban J connectivity index is 1.74. The lowest BCUT2D eigenvalue weighted by Gasteiger charge is -2.34. The molecule has 2 amide bonds. The van der Waals surface area contributed by atoms with E-state index < -0.39 is 11.6 Å². The summed E-state index contributed by atoms with van der Waals surface area (Å²) in [6, 6.07) is 23.6. The van der Waals surface area contributed by atoms with Gasteiger partial charge >= 0.3 is 0 Å². The molecule has 0 aliphatic rings. The summed E-state index contributed by atoms with van der Waals surface area (Å²) >= 11 is 0. The maximum absolute atomic E-state index is 14.0. The number of hydrogen-bond acceptors (Lipinski definition) is 5. The third kappa shape index (κ3) is 6.14. The van der Waals surface area contributed by atoms with Crippen molar-refractivity contribution in [1.82, 2.24) is 25.2 Å². The number of carbonyl (C=O) groups excluding carboxylic acids is 2. The fraction of sp³-hybridized carbons (Fsp3) is 0.310. The second kappa shape index (κ2) is 11.2. The molecule has 8 heteroatoms. The molecule has 3 aromatic carbocycles. The van der Waals surface area contributed by atoms with Gasteiger partial charge in [-0.05, 0) is 55.7 Å². The molecule has 1 aromatic heterocycles. The van der Waals surface area contributed by atoms with Gasteiger partial charge in [-0.25, -0.2) is 4.68 Å². The van der Waals surface area contributed by atoms with Crippen LogP contribution in [0.2, 0.25) is 0 Å². The van der Waals surface area contributed by atoms with E-state index >= 15 is 0 Å². The lowest BCUT2D eigenvalue weighted by molar-refractivity contribution is -0.143. The second-order valence-electron chi connectivity index (χ2n) is 9.65. The summed E-state index contributed by atoms with van der Waals surface area (Å²) in [6.45, 7) is 6.15. The van der Waals surface area contributed by atoms with E-state index in [0.717, 1.165) is 28.8 Å². The number of rotatable bonds is 10. The van der Waals surface area contributed by atoms with Crippen molar-refractivity contribution in [3.63, 3.8) is 0 Å². The number of nitrogens with one attached hydrogen (secondary N) is 1. The van der Waals surface area contributed by atoms with E-state index in [1.165, 1.54) is 0 Å². The number of methoxy groups -OCH3 is 1. The number of amides is 2. The van der Waals surface area contributed by atoms with Gasteiger partial charge in [0.2, 0.25) is 11.8 Å². The van der Waals surface area contributed by atoms with Crippen molar-refractivity contribution in [2.45, 2.75) is 51.9 Å². The number of hydrogen-bond donors (Lipinski definition) is 1. The minimum atomic E-state index is -0.837. The van der Waals surface area contributed by atoms with Crippen LogP contribution in [0.15, 0.2) is 78.9 Å². The Morgan fingerprint density at radius 1 is 1.00 bits per heavy atom. The van der Waals surface area contributed by atoms with Gasteiger partial charge < -0.3 is 15.0 Å². The summed E-state index contributed by atoms with van der Waals surface area (Å²) in [5, 5.41) is 11.5. The van der Waals surface area contributed by atoms with Crippen LogP contribution >= 0.6 is 0 Å². The van der Waals surface area contributed by atoms with E-state index in [0.29, 0.717) is 5.52 Å². The van der Waals surface area contributed by atoms with Crippen LogP contribution in [0.1, 0.15) is 44.4 Å². The molecule has 0 fully saturated rings. The van der Waals surface area contributed by atoms with Crippen LogP contribution in [0.3, 0.4) is 0 Å². The zero-order chi connectivity index (χ0) is 26.4. The van der Waals surface area contributed by atoms with E-state index in [4.69, 9.17) is 4.74 Å². The highest BCUT2D eigenvalue weighted by Crippen LogP contribution is 2.26. The van der Waals surface area contributed by atoms with Crippen LogP contribution in [0.25, 0.3) is 11.0 Å². The molecule has 0 saturated heterocycles. The second-order valence-corrected chi connectivity index (χ2v) is 9.65. The smallest absolute Gasteiger partial charge is 0.247 e. The number of ether oxygens (including phenoxy) is 1. The summed E-state index contributed by atoms with van der Waals surface area (Å²) in [5.74, 6) is 0.242. The molecule has 4 rings (SSSR count). The summed E-state index contributed by atoms with van der Waals surface area (Å²) < 4.78 is 6.87. The van der Waals surface area contributed by atoms with Crippen LogP contribution in [-0.2, 0) is 22.7 Å². The molecule has 1 atom stereocenters. The van der Waals surface area contributed by atoms with Crippen molar-refractivity contribution >= 4 is 22.8 Å². The maximum Gasteiger partial charge on any atom is 0.247 e. The van der Waals surface area contributed by atoms with Crippen molar-refractivity contribution in [2.75, 3.05) is 7.11 Å². The molecule has 4 aromatic rings. The molecule has 1 heterocycles. The maximum atomic E-state index is 14.0. The van der Waals surface area contributed by atoms with Gasteiger partial charge in [-0.3, -0.25) is 9.59 Å². The van der Waals surface area contributed by atoms with Crippen molar-refractivity contribution in [1.29, 1.82) is 0 Å². The zero-order valence-corrected chi connectivity index (χ0v) is 21.7. The minimum Gasteiger partial charge on any atom is -0.497 e. The molecule has 0 radical (unpaired) electrons. The molecule has 0 bridgehead atoms. The first-order valence-electron chi connectivity index (χ1n) is 12.4.